The van der Waals surface area contributed by atoms with Crippen LogP contribution in [-0.4, -0.2) is 49.5 Å². The summed E-state index contributed by atoms with van der Waals surface area (Å²) in [5, 5.41) is 11.8. The van der Waals surface area contributed by atoms with Gasteiger partial charge in [0.25, 0.3) is 0 Å². The fourth-order valence-electron chi connectivity index (χ4n) is 2.38. The van der Waals surface area contributed by atoms with Gasteiger partial charge in [-0.2, -0.15) is 0 Å². The first-order valence-electron chi connectivity index (χ1n) is 6.22. The molecule has 4 nitrogen and oxygen atoms in total. The average Bonchev–Trinajstić information content (AvgIpc) is 2.53. The predicted octanol–water partition coefficient (Wildman–Crippen LogP) is 1.58. The van der Waals surface area contributed by atoms with Crippen molar-refractivity contribution in [2.24, 2.45) is 5.41 Å². The molecule has 2 N–H and O–H groups in total. The van der Waals surface area contributed by atoms with Crippen molar-refractivity contribution < 1.29 is 10.1 Å². The molecule has 1 fully saturated rings. The molecule has 1 rings (SSSR count). The minimum absolute atomic E-state index is 0.447. The molecule has 1 heterocycles. The van der Waals surface area contributed by atoms with Gasteiger partial charge >= 0.3 is 0 Å². The summed E-state index contributed by atoms with van der Waals surface area (Å²) >= 11 is 0. The van der Waals surface area contributed by atoms with E-state index in [2.05, 4.69) is 36.0 Å². The quantitative estimate of drug-likeness (QED) is 0.396. The first kappa shape index (κ1) is 13.9. The van der Waals surface area contributed by atoms with Gasteiger partial charge in [0.15, 0.2) is 0 Å². The van der Waals surface area contributed by atoms with Crippen LogP contribution in [-0.2, 0) is 4.89 Å². The molecule has 4 heteroatoms. The van der Waals surface area contributed by atoms with Crippen LogP contribution in [0.4, 0.5) is 0 Å². The number of likely N-dealkylation sites (N-methyl/N-ethyl adjacent to an activating group) is 1. The molecule has 1 aliphatic rings. The molecule has 96 valence electrons. The molecular weight excluding hydrogens is 204 g/mol. The fourth-order valence-corrected chi connectivity index (χ4v) is 2.38. The highest BCUT2D eigenvalue weighted by atomic mass is 17.1. The van der Waals surface area contributed by atoms with Crippen LogP contribution in [0, 0.1) is 5.41 Å². The Hall–Kier alpha value is -0.160. The Kier molecular flexibility index (Phi) is 5.69. The van der Waals surface area contributed by atoms with E-state index in [1.807, 2.05) is 0 Å². The lowest BCUT2D eigenvalue weighted by molar-refractivity contribution is -0.242. The minimum atomic E-state index is 0.447. The summed E-state index contributed by atoms with van der Waals surface area (Å²) in [6.45, 7) is 8.40. The van der Waals surface area contributed by atoms with Crippen LogP contribution in [0.5, 0.6) is 0 Å². The van der Waals surface area contributed by atoms with Gasteiger partial charge in [-0.15, -0.1) is 0 Å². The van der Waals surface area contributed by atoms with Crippen molar-refractivity contribution in [3.63, 3.8) is 0 Å². The third-order valence-corrected chi connectivity index (χ3v) is 3.23. The Morgan fingerprint density at radius 1 is 1.44 bits per heavy atom. The maximum atomic E-state index is 8.20. The second kappa shape index (κ2) is 6.55. The number of rotatable bonds is 7. The molecular formula is C12H26N2O2. The van der Waals surface area contributed by atoms with Crippen LogP contribution in [0.3, 0.4) is 0 Å². The summed E-state index contributed by atoms with van der Waals surface area (Å²) in [7, 11) is 2.16. The predicted molar refractivity (Wildman–Crippen MR) is 65.5 cm³/mol. The maximum absolute atomic E-state index is 8.20. The summed E-state index contributed by atoms with van der Waals surface area (Å²) in [6, 6.07) is 0.633. The standard InChI is InChI=1S/C12H26N2O2/c1-12(2)8-11(13-10-12)9-14(3)6-4-5-7-16-15/h11,13,15H,4-10H2,1-3H3. The molecule has 1 unspecified atom stereocenters. The van der Waals surface area contributed by atoms with Gasteiger partial charge in [0.2, 0.25) is 0 Å². The maximum Gasteiger partial charge on any atom is 0.0820 e. The van der Waals surface area contributed by atoms with Crippen molar-refractivity contribution in [2.75, 3.05) is 33.3 Å². The van der Waals surface area contributed by atoms with Crippen molar-refractivity contribution in [2.45, 2.75) is 39.2 Å². The van der Waals surface area contributed by atoms with Crippen molar-refractivity contribution in [1.29, 1.82) is 0 Å². The van der Waals surface area contributed by atoms with Crippen LogP contribution in [0.15, 0.2) is 0 Å². The zero-order valence-corrected chi connectivity index (χ0v) is 10.8. The molecule has 1 atom stereocenters. The SMILES string of the molecule is CN(CCCCOO)CC1CC(C)(C)CN1. The van der Waals surface area contributed by atoms with Gasteiger partial charge in [0.05, 0.1) is 6.61 Å². The summed E-state index contributed by atoms with van der Waals surface area (Å²) in [4.78, 5) is 6.41. The zero-order chi connectivity index (χ0) is 12.0. The van der Waals surface area contributed by atoms with Crippen molar-refractivity contribution in [3.8, 4) is 0 Å². The largest absolute Gasteiger partial charge is 0.312 e. The smallest absolute Gasteiger partial charge is 0.0820 e. The lowest BCUT2D eigenvalue weighted by atomic mass is 9.90. The second-order valence-corrected chi connectivity index (χ2v) is 5.75. The van der Waals surface area contributed by atoms with Gasteiger partial charge in [0.1, 0.15) is 0 Å². The highest BCUT2D eigenvalue weighted by Gasteiger charge is 2.30. The number of nitrogens with zero attached hydrogens (tertiary/aromatic N) is 1. The molecule has 0 aromatic heterocycles. The first-order chi connectivity index (χ1) is 7.53. The van der Waals surface area contributed by atoms with Gasteiger partial charge in [-0.25, -0.2) is 4.89 Å². The van der Waals surface area contributed by atoms with Crippen LogP contribution < -0.4 is 5.32 Å². The van der Waals surface area contributed by atoms with Gasteiger partial charge in [-0.1, -0.05) is 13.8 Å². The van der Waals surface area contributed by atoms with E-state index < -0.39 is 0 Å². The highest BCUT2D eigenvalue weighted by molar-refractivity contribution is 4.88. The van der Waals surface area contributed by atoms with Crippen molar-refractivity contribution in [3.05, 3.63) is 0 Å². The normalized spacial score (nSPS) is 24.2. The van der Waals surface area contributed by atoms with E-state index in [4.69, 9.17) is 5.26 Å². The van der Waals surface area contributed by atoms with Crippen LogP contribution >= 0.6 is 0 Å². The molecule has 0 amide bonds. The third-order valence-electron chi connectivity index (χ3n) is 3.23. The third kappa shape index (κ3) is 5.25. The molecule has 0 aliphatic carbocycles. The van der Waals surface area contributed by atoms with E-state index in [1.165, 1.54) is 6.42 Å². The van der Waals surface area contributed by atoms with E-state index in [0.29, 0.717) is 18.1 Å². The zero-order valence-electron chi connectivity index (χ0n) is 10.8. The number of hydrogen-bond donors (Lipinski definition) is 2. The Morgan fingerprint density at radius 2 is 2.19 bits per heavy atom. The van der Waals surface area contributed by atoms with E-state index in [0.717, 1.165) is 32.5 Å². The van der Waals surface area contributed by atoms with Gasteiger partial charge in [0, 0.05) is 19.1 Å². The monoisotopic (exact) mass is 230 g/mol. The Balaban J connectivity index is 2.08. The average molecular weight is 230 g/mol. The topological polar surface area (TPSA) is 44.7 Å². The fraction of sp³-hybridized carbons (Fsp3) is 1.00. The molecule has 0 saturated carbocycles. The lowest BCUT2D eigenvalue weighted by Crippen LogP contribution is -2.35. The van der Waals surface area contributed by atoms with E-state index in [-0.39, 0.29) is 0 Å². The van der Waals surface area contributed by atoms with Crippen molar-refractivity contribution in [1.82, 2.24) is 10.2 Å². The van der Waals surface area contributed by atoms with E-state index in [1.54, 1.807) is 0 Å². The van der Waals surface area contributed by atoms with E-state index >= 15 is 0 Å². The molecule has 0 aromatic rings. The summed E-state index contributed by atoms with van der Waals surface area (Å²) < 4.78 is 0. The Morgan fingerprint density at radius 3 is 2.75 bits per heavy atom. The molecule has 16 heavy (non-hydrogen) atoms. The molecule has 0 radical (unpaired) electrons. The number of nitrogens with one attached hydrogen (secondary N) is 1. The number of hydrogen-bond acceptors (Lipinski definition) is 4. The number of unbranched alkanes of at least 4 members (excludes halogenated alkanes) is 1. The first-order valence-corrected chi connectivity index (χ1v) is 6.22. The lowest BCUT2D eigenvalue weighted by Gasteiger charge is -2.21. The van der Waals surface area contributed by atoms with Crippen LogP contribution in [0.2, 0.25) is 0 Å². The Labute approximate surface area is 98.9 Å². The molecule has 0 spiro atoms. The van der Waals surface area contributed by atoms with E-state index in [9.17, 15) is 0 Å². The van der Waals surface area contributed by atoms with Gasteiger partial charge in [-0.05, 0) is 38.3 Å². The minimum Gasteiger partial charge on any atom is -0.312 e. The molecule has 1 aliphatic heterocycles. The molecule has 0 aromatic carbocycles. The van der Waals surface area contributed by atoms with Crippen LogP contribution in [0.25, 0.3) is 0 Å². The second-order valence-electron chi connectivity index (χ2n) is 5.75. The van der Waals surface area contributed by atoms with Gasteiger partial charge in [-0.3, -0.25) is 5.26 Å². The van der Waals surface area contributed by atoms with Crippen molar-refractivity contribution >= 4 is 0 Å². The van der Waals surface area contributed by atoms with Gasteiger partial charge < -0.3 is 10.2 Å². The Bertz CT molecular complexity index is 197. The molecule has 1 saturated heterocycles. The summed E-state index contributed by atoms with van der Waals surface area (Å²) in [6.07, 6.45) is 3.26. The highest BCUT2D eigenvalue weighted by Crippen LogP contribution is 2.27. The van der Waals surface area contributed by atoms with Crippen LogP contribution in [0.1, 0.15) is 33.1 Å². The summed E-state index contributed by atoms with van der Waals surface area (Å²) in [5.74, 6) is 0. The summed E-state index contributed by atoms with van der Waals surface area (Å²) in [5.41, 5.74) is 0.455. The molecule has 0 bridgehead atoms.